The number of furan rings is 1. The van der Waals surface area contributed by atoms with Crippen molar-refractivity contribution in [3.8, 4) is 17.1 Å². The number of sulfonamides is 1. The summed E-state index contributed by atoms with van der Waals surface area (Å²) in [4.78, 5) is 6.85. The number of halogens is 1. The van der Waals surface area contributed by atoms with E-state index in [2.05, 4.69) is 33.8 Å². The largest absolute Gasteiger partial charge is 0.493 e. The van der Waals surface area contributed by atoms with Crippen molar-refractivity contribution in [2.75, 3.05) is 29.8 Å². The van der Waals surface area contributed by atoms with Crippen molar-refractivity contribution < 1.29 is 17.6 Å². The van der Waals surface area contributed by atoms with Crippen molar-refractivity contribution in [1.82, 2.24) is 10.3 Å². The van der Waals surface area contributed by atoms with Crippen molar-refractivity contribution >= 4 is 34.1 Å². The van der Waals surface area contributed by atoms with Gasteiger partial charge in [0.1, 0.15) is 17.3 Å². The number of piperazine rings is 1. The fraction of sp³-hybridized carbons (Fsp3) is 0.348. The van der Waals surface area contributed by atoms with E-state index in [1.54, 1.807) is 30.3 Å². The molecule has 2 atom stereocenters. The van der Waals surface area contributed by atoms with Crippen LogP contribution in [0, 0.1) is 6.92 Å². The van der Waals surface area contributed by atoms with Crippen molar-refractivity contribution in [2.24, 2.45) is 0 Å². The Morgan fingerprint density at radius 2 is 1.73 bits per heavy atom. The lowest BCUT2D eigenvalue weighted by Crippen LogP contribution is -2.54. The van der Waals surface area contributed by atoms with Crippen LogP contribution in [0.5, 0.6) is 5.75 Å². The summed E-state index contributed by atoms with van der Waals surface area (Å²) in [5.74, 6) is 2.71. The zero-order valence-electron chi connectivity index (χ0n) is 19.0. The van der Waals surface area contributed by atoms with Gasteiger partial charge in [-0.25, -0.2) is 13.4 Å². The molecule has 8 nitrogen and oxygen atoms in total. The number of hydrogen-bond donors (Lipinski definition) is 2. The number of hydrogen-bond acceptors (Lipinski definition) is 7. The molecule has 1 aromatic carbocycles. The van der Waals surface area contributed by atoms with E-state index in [0.29, 0.717) is 29.4 Å². The molecule has 1 fully saturated rings. The van der Waals surface area contributed by atoms with E-state index in [4.69, 9.17) is 9.15 Å². The summed E-state index contributed by atoms with van der Waals surface area (Å²) < 4.78 is 39.7. The number of aryl methyl sites for hydroxylation is 1. The van der Waals surface area contributed by atoms with Crippen LogP contribution >= 0.6 is 12.4 Å². The Bertz CT molecular complexity index is 1190. The predicted octanol–water partition coefficient (Wildman–Crippen LogP) is 4.07. The molecule has 1 aliphatic heterocycles. The molecule has 10 heteroatoms. The Morgan fingerprint density at radius 3 is 2.30 bits per heavy atom. The van der Waals surface area contributed by atoms with Gasteiger partial charge < -0.3 is 19.4 Å². The zero-order valence-corrected chi connectivity index (χ0v) is 20.7. The highest BCUT2D eigenvalue weighted by Gasteiger charge is 2.24. The van der Waals surface area contributed by atoms with Crippen molar-refractivity contribution in [3.63, 3.8) is 0 Å². The van der Waals surface area contributed by atoms with Crippen LogP contribution in [-0.4, -0.2) is 45.7 Å². The predicted molar refractivity (Wildman–Crippen MR) is 132 cm³/mol. The maximum absolute atomic E-state index is 13.1. The number of rotatable bonds is 6. The number of ether oxygens (including phenoxy) is 1. The van der Waals surface area contributed by atoms with Gasteiger partial charge in [-0.2, -0.15) is 0 Å². The van der Waals surface area contributed by atoms with Crippen molar-refractivity contribution in [1.29, 1.82) is 0 Å². The highest BCUT2D eigenvalue weighted by molar-refractivity contribution is 7.92. The third kappa shape index (κ3) is 5.61. The van der Waals surface area contributed by atoms with Crippen LogP contribution in [0.2, 0.25) is 0 Å². The number of nitrogens with zero attached hydrogens (tertiary/aromatic N) is 2. The molecule has 4 rings (SSSR count). The van der Waals surface area contributed by atoms with E-state index in [1.807, 2.05) is 25.1 Å². The Balaban J connectivity index is 0.00000306. The van der Waals surface area contributed by atoms with Gasteiger partial charge in [0.05, 0.1) is 12.0 Å². The Labute approximate surface area is 200 Å². The molecule has 0 spiro atoms. The molecular weight excluding hydrogens is 464 g/mol. The lowest BCUT2D eigenvalue weighted by Gasteiger charge is -2.37. The summed E-state index contributed by atoms with van der Waals surface area (Å²) in [5.41, 5.74) is 0.803. The van der Waals surface area contributed by atoms with Gasteiger partial charge in [0.2, 0.25) is 0 Å². The second-order valence-corrected chi connectivity index (χ2v) is 9.82. The van der Waals surface area contributed by atoms with Crippen LogP contribution in [0.4, 0.5) is 11.6 Å². The lowest BCUT2D eigenvalue weighted by molar-refractivity contribution is 0.403. The number of pyridine rings is 1. The molecule has 0 amide bonds. The van der Waals surface area contributed by atoms with E-state index in [-0.39, 0.29) is 23.1 Å². The van der Waals surface area contributed by atoms with Crippen LogP contribution in [0.1, 0.15) is 19.6 Å². The molecule has 1 aliphatic rings. The third-order valence-corrected chi connectivity index (χ3v) is 6.72. The average molecular weight is 493 g/mol. The van der Waals surface area contributed by atoms with Crippen LogP contribution < -0.4 is 19.7 Å². The molecule has 2 N–H and O–H groups in total. The Morgan fingerprint density at radius 1 is 1.06 bits per heavy atom. The molecule has 3 aromatic rings. The van der Waals surface area contributed by atoms with Gasteiger partial charge in [0, 0.05) is 30.7 Å². The summed E-state index contributed by atoms with van der Waals surface area (Å²) >= 11 is 0. The van der Waals surface area contributed by atoms with Crippen LogP contribution in [0.3, 0.4) is 0 Å². The minimum absolute atomic E-state index is 0. The van der Waals surface area contributed by atoms with E-state index >= 15 is 0 Å². The molecule has 1 saturated heterocycles. The van der Waals surface area contributed by atoms with Crippen molar-refractivity contribution in [2.45, 2.75) is 37.8 Å². The van der Waals surface area contributed by atoms with Gasteiger partial charge in [-0.1, -0.05) is 0 Å². The fourth-order valence-corrected chi connectivity index (χ4v) is 4.95. The Hall–Kier alpha value is -2.75. The number of anilines is 2. The molecule has 0 bridgehead atoms. The molecular formula is C23H29ClN4O4S. The molecule has 33 heavy (non-hydrogen) atoms. The maximum atomic E-state index is 13.1. The minimum atomic E-state index is -3.86. The zero-order chi connectivity index (χ0) is 22.9. The summed E-state index contributed by atoms with van der Waals surface area (Å²) in [7, 11) is -2.37. The second kappa shape index (κ2) is 10.0. The number of methoxy groups -OCH3 is 1. The summed E-state index contributed by atoms with van der Waals surface area (Å²) in [6.45, 7) is 7.66. The molecule has 2 aromatic heterocycles. The standard InChI is InChI=1S/C23H28N4O4S.ClH/c1-15-13-27(14-16(2)24-15)22-12-11-21(30-4)23(25-22)26-32(28,29)19-8-6-18(7-9-19)20-10-5-17(3)31-20;/h5-12,15-16,24H,13-14H2,1-4H3,(H,25,26);1H/t15-,16+;. The first-order valence-corrected chi connectivity index (χ1v) is 12.0. The smallest absolute Gasteiger partial charge is 0.263 e. The van der Waals surface area contributed by atoms with Crippen LogP contribution in [0.15, 0.2) is 57.8 Å². The van der Waals surface area contributed by atoms with Gasteiger partial charge in [-0.3, -0.25) is 4.72 Å². The van der Waals surface area contributed by atoms with Gasteiger partial charge in [-0.05, 0) is 69.3 Å². The van der Waals surface area contributed by atoms with E-state index in [0.717, 1.165) is 24.4 Å². The van der Waals surface area contributed by atoms with Gasteiger partial charge in [-0.15, -0.1) is 12.4 Å². The first kappa shape index (κ1) is 24.9. The quantitative estimate of drug-likeness (QED) is 0.535. The minimum Gasteiger partial charge on any atom is -0.493 e. The molecule has 0 aliphatic carbocycles. The number of aromatic nitrogens is 1. The van der Waals surface area contributed by atoms with Crippen LogP contribution in [0.25, 0.3) is 11.3 Å². The van der Waals surface area contributed by atoms with Crippen molar-refractivity contribution in [3.05, 3.63) is 54.3 Å². The first-order chi connectivity index (χ1) is 15.2. The number of benzene rings is 1. The molecule has 0 saturated carbocycles. The molecule has 178 valence electrons. The number of nitrogens with one attached hydrogen (secondary N) is 2. The summed E-state index contributed by atoms with van der Waals surface area (Å²) in [6, 6.07) is 14.5. The summed E-state index contributed by atoms with van der Waals surface area (Å²) in [5, 5.41) is 3.48. The van der Waals surface area contributed by atoms with E-state index in [9.17, 15) is 8.42 Å². The highest BCUT2D eigenvalue weighted by Crippen LogP contribution is 2.29. The monoisotopic (exact) mass is 492 g/mol. The highest BCUT2D eigenvalue weighted by atomic mass is 35.5. The fourth-order valence-electron chi connectivity index (χ4n) is 3.94. The second-order valence-electron chi connectivity index (χ2n) is 8.13. The maximum Gasteiger partial charge on any atom is 0.263 e. The summed E-state index contributed by atoms with van der Waals surface area (Å²) in [6.07, 6.45) is 0. The molecule has 0 radical (unpaired) electrons. The average Bonchev–Trinajstić information content (AvgIpc) is 3.19. The molecule has 3 heterocycles. The third-order valence-electron chi connectivity index (χ3n) is 5.37. The Kier molecular flexibility index (Phi) is 7.56. The SMILES string of the molecule is COc1ccc(N2C[C@@H](C)N[C@@H](C)C2)nc1NS(=O)(=O)c1ccc(-c2ccc(C)o2)cc1.Cl. The van der Waals surface area contributed by atoms with E-state index < -0.39 is 10.0 Å². The van der Waals surface area contributed by atoms with Crippen LogP contribution in [-0.2, 0) is 10.0 Å². The van der Waals surface area contributed by atoms with Gasteiger partial charge in [0.15, 0.2) is 11.6 Å². The topological polar surface area (TPSA) is 96.7 Å². The molecule has 0 unspecified atom stereocenters. The normalized spacial score (nSPS) is 18.5. The van der Waals surface area contributed by atoms with Gasteiger partial charge in [0.25, 0.3) is 10.0 Å². The lowest BCUT2D eigenvalue weighted by atomic mass is 10.1. The van der Waals surface area contributed by atoms with Gasteiger partial charge >= 0.3 is 0 Å². The first-order valence-electron chi connectivity index (χ1n) is 10.5. The van der Waals surface area contributed by atoms with E-state index in [1.165, 1.54) is 7.11 Å².